The van der Waals surface area contributed by atoms with Crippen LogP contribution in [0.15, 0.2) is 41.4 Å². The molecule has 0 atom stereocenters. The van der Waals surface area contributed by atoms with Crippen molar-refractivity contribution in [1.29, 1.82) is 0 Å². The van der Waals surface area contributed by atoms with Gasteiger partial charge in [-0.15, -0.1) is 11.8 Å². The van der Waals surface area contributed by atoms with Crippen LogP contribution in [0.5, 0.6) is 0 Å². The van der Waals surface area contributed by atoms with Crippen LogP contribution < -0.4 is 10.0 Å². The molecule has 1 amide bonds. The number of pyridine rings is 1. The quantitative estimate of drug-likeness (QED) is 0.398. The number of carbonyl (C=O) groups is 1. The van der Waals surface area contributed by atoms with E-state index in [2.05, 4.69) is 15.0 Å². The molecule has 6 nitrogen and oxygen atoms in total. The van der Waals surface area contributed by atoms with E-state index in [0.29, 0.717) is 22.6 Å². The number of halogens is 3. The maximum absolute atomic E-state index is 12.9. The van der Waals surface area contributed by atoms with Crippen molar-refractivity contribution in [3.05, 3.63) is 58.8 Å². The molecule has 2 N–H and O–H groups in total. The molecule has 1 aromatic heterocycles. The summed E-state index contributed by atoms with van der Waals surface area (Å²) < 4.78 is 63.9. The largest absolute Gasteiger partial charge is 0.433 e. The molecule has 0 fully saturated rings. The van der Waals surface area contributed by atoms with Crippen LogP contribution >= 0.6 is 11.8 Å². The summed E-state index contributed by atoms with van der Waals surface area (Å²) in [5.74, 6) is 0.178. The molecule has 174 valence electrons. The van der Waals surface area contributed by atoms with Crippen LogP contribution in [0.1, 0.15) is 35.7 Å². The zero-order chi connectivity index (χ0) is 23.9. The number of amides is 1. The lowest BCUT2D eigenvalue weighted by Gasteiger charge is -2.11. The highest BCUT2D eigenvalue weighted by molar-refractivity contribution is 7.99. The molecular formula is C21H24F3N3O3S2. The minimum absolute atomic E-state index is 0.200. The Morgan fingerprint density at radius 3 is 2.53 bits per heavy atom. The Labute approximate surface area is 189 Å². The van der Waals surface area contributed by atoms with Crippen LogP contribution in [0.25, 0.3) is 6.08 Å². The number of carbonyl (C=O) groups excluding carboxylic acids is 1. The smallest absolute Gasteiger partial charge is 0.348 e. The van der Waals surface area contributed by atoms with Gasteiger partial charge in [-0.1, -0.05) is 25.1 Å². The summed E-state index contributed by atoms with van der Waals surface area (Å²) in [5, 5.41) is 2.91. The second-order valence-electron chi connectivity index (χ2n) is 7.01. The van der Waals surface area contributed by atoms with Crippen molar-refractivity contribution in [2.24, 2.45) is 0 Å². The van der Waals surface area contributed by atoms with Crippen molar-refractivity contribution in [3.8, 4) is 0 Å². The lowest BCUT2D eigenvalue weighted by Crippen LogP contribution is -2.20. The third kappa shape index (κ3) is 8.19. The van der Waals surface area contributed by atoms with Crippen LogP contribution in [0.2, 0.25) is 0 Å². The van der Waals surface area contributed by atoms with Gasteiger partial charge in [0.25, 0.3) is 0 Å². The highest BCUT2D eigenvalue weighted by Gasteiger charge is 2.32. The number of alkyl halides is 3. The van der Waals surface area contributed by atoms with E-state index in [1.165, 1.54) is 30.0 Å². The SMILES string of the molecule is CCCSc1nc(C(F)(F)F)ccc1/C=C\C(=O)NCc1ccc(NS(C)(=O)=O)c(C)c1. The molecule has 1 aromatic carbocycles. The first kappa shape index (κ1) is 25.7. The van der Waals surface area contributed by atoms with E-state index in [1.54, 1.807) is 25.1 Å². The number of hydrogen-bond donors (Lipinski definition) is 2. The van der Waals surface area contributed by atoms with Gasteiger partial charge in [0.05, 0.1) is 11.9 Å². The fourth-order valence-corrected chi connectivity index (χ4v) is 4.11. The average Bonchev–Trinajstić information content (AvgIpc) is 2.69. The first-order valence-electron chi connectivity index (χ1n) is 9.63. The normalized spacial score (nSPS) is 12.2. The van der Waals surface area contributed by atoms with E-state index in [-0.39, 0.29) is 11.6 Å². The van der Waals surface area contributed by atoms with Gasteiger partial charge >= 0.3 is 6.18 Å². The molecule has 0 bridgehead atoms. The number of aryl methyl sites for hydroxylation is 1. The molecule has 1 heterocycles. The van der Waals surface area contributed by atoms with E-state index in [0.717, 1.165) is 24.3 Å². The summed E-state index contributed by atoms with van der Waals surface area (Å²) in [6, 6.07) is 7.23. The predicted molar refractivity (Wildman–Crippen MR) is 121 cm³/mol. The number of sulfonamides is 1. The van der Waals surface area contributed by atoms with Gasteiger partial charge in [-0.2, -0.15) is 13.2 Å². The fourth-order valence-electron chi connectivity index (χ4n) is 2.61. The predicted octanol–water partition coefficient (Wildman–Crippen LogP) is 4.61. The van der Waals surface area contributed by atoms with Gasteiger partial charge in [0.1, 0.15) is 10.7 Å². The second kappa shape index (κ2) is 10.9. The topological polar surface area (TPSA) is 88.2 Å². The van der Waals surface area contributed by atoms with Gasteiger partial charge in [0.2, 0.25) is 15.9 Å². The number of thioether (sulfide) groups is 1. The highest BCUT2D eigenvalue weighted by atomic mass is 32.2. The van der Waals surface area contributed by atoms with Crippen molar-refractivity contribution >= 4 is 39.5 Å². The number of aromatic nitrogens is 1. The van der Waals surface area contributed by atoms with Crippen molar-refractivity contribution < 1.29 is 26.4 Å². The maximum Gasteiger partial charge on any atom is 0.433 e. The summed E-state index contributed by atoms with van der Waals surface area (Å²) in [4.78, 5) is 15.9. The fraction of sp³-hybridized carbons (Fsp3) is 0.333. The number of nitrogens with zero attached hydrogens (tertiary/aromatic N) is 1. The first-order chi connectivity index (χ1) is 14.9. The molecule has 0 saturated carbocycles. The monoisotopic (exact) mass is 487 g/mol. The third-order valence-corrected chi connectivity index (χ3v) is 5.89. The van der Waals surface area contributed by atoms with E-state index >= 15 is 0 Å². The van der Waals surface area contributed by atoms with E-state index in [1.807, 2.05) is 6.92 Å². The molecule has 0 aliphatic carbocycles. The molecule has 0 spiro atoms. The Bertz CT molecular complexity index is 1100. The van der Waals surface area contributed by atoms with E-state index in [4.69, 9.17) is 0 Å². The lowest BCUT2D eigenvalue weighted by molar-refractivity contribution is -0.141. The molecule has 32 heavy (non-hydrogen) atoms. The van der Waals surface area contributed by atoms with Crippen LogP contribution in [-0.4, -0.2) is 31.3 Å². The Hall–Kier alpha value is -2.53. The van der Waals surface area contributed by atoms with Gasteiger partial charge in [-0.3, -0.25) is 9.52 Å². The summed E-state index contributed by atoms with van der Waals surface area (Å²) in [6.45, 7) is 3.85. The molecule has 11 heteroatoms. The van der Waals surface area contributed by atoms with Crippen LogP contribution in [0.3, 0.4) is 0 Å². The standard InChI is InChI=1S/C21H24F3N3O3S2/c1-4-11-31-20-16(6-9-18(26-20)21(22,23)24)7-10-19(28)25-13-15-5-8-17(14(2)12-15)27-32(3,29)30/h5-10,12,27H,4,11,13H2,1-3H3,(H,25,28)/b10-7-. The number of benzene rings is 1. The van der Waals surface area contributed by atoms with Gasteiger partial charge in [-0.25, -0.2) is 13.4 Å². The van der Waals surface area contributed by atoms with E-state index in [9.17, 15) is 26.4 Å². The van der Waals surface area contributed by atoms with E-state index < -0.39 is 27.8 Å². The average molecular weight is 488 g/mol. The molecule has 2 rings (SSSR count). The number of hydrogen-bond acceptors (Lipinski definition) is 5. The van der Waals surface area contributed by atoms with Crippen LogP contribution in [0.4, 0.5) is 18.9 Å². The second-order valence-corrected chi connectivity index (χ2v) is 9.84. The van der Waals surface area contributed by atoms with Crippen molar-refractivity contribution in [2.75, 3.05) is 16.7 Å². The molecule has 0 aliphatic heterocycles. The van der Waals surface area contributed by atoms with Gasteiger partial charge in [-0.05, 0) is 48.4 Å². The number of rotatable bonds is 9. The molecule has 0 aliphatic rings. The Morgan fingerprint density at radius 1 is 1.22 bits per heavy atom. The maximum atomic E-state index is 12.9. The number of anilines is 1. The minimum Gasteiger partial charge on any atom is -0.348 e. The van der Waals surface area contributed by atoms with Gasteiger partial charge < -0.3 is 5.32 Å². The Balaban J connectivity index is 2.06. The Morgan fingerprint density at radius 2 is 1.94 bits per heavy atom. The number of nitrogens with one attached hydrogen (secondary N) is 2. The van der Waals surface area contributed by atoms with Gasteiger partial charge in [0, 0.05) is 18.2 Å². The van der Waals surface area contributed by atoms with Gasteiger partial charge in [0.15, 0.2) is 0 Å². The van der Waals surface area contributed by atoms with Crippen molar-refractivity contribution in [3.63, 3.8) is 0 Å². The molecular weight excluding hydrogens is 463 g/mol. The molecule has 0 unspecified atom stereocenters. The van der Waals surface area contributed by atoms with Crippen LogP contribution in [-0.2, 0) is 27.5 Å². The zero-order valence-electron chi connectivity index (χ0n) is 17.8. The lowest BCUT2D eigenvalue weighted by atomic mass is 10.1. The third-order valence-electron chi connectivity index (χ3n) is 4.09. The van der Waals surface area contributed by atoms with Crippen molar-refractivity contribution in [1.82, 2.24) is 10.3 Å². The first-order valence-corrected chi connectivity index (χ1v) is 12.5. The summed E-state index contributed by atoms with van der Waals surface area (Å²) in [7, 11) is -3.39. The summed E-state index contributed by atoms with van der Waals surface area (Å²) in [5.41, 5.74) is 1.37. The molecule has 0 radical (unpaired) electrons. The molecule has 2 aromatic rings. The summed E-state index contributed by atoms with van der Waals surface area (Å²) >= 11 is 1.20. The minimum atomic E-state index is -4.54. The Kier molecular flexibility index (Phi) is 8.73. The van der Waals surface area contributed by atoms with Crippen molar-refractivity contribution in [2.45, 2.75) is 38.0 Å². The highest BCUT2D eigenvalue weighted by Crippen LogP contribution is 2.31. The molecule has 0 saturated heterocycles. The zero-order valence-corrected chi connectivity index (χ0v) is 19.4. The summed E-state index contributed by atoms with van der Waals surface area (Å²) in [6.07, 6.45) is -0.0291. The van der Waals surface area contributed by atoms with Crippen LogP contribution in [0, 0.1) is 6.92 Å².